The van der Waals surface area contributed by atoms with Crippen molar-refractivity contribution in [2.75, 3.05) is 7.11 Å². The number of hydrogen-bond donors (Lipinski definition) is 1. The van der Waals surface area contributed by atoms with E-state index < -0.39 is 17.4 Å². The second kappa shape index (κ2) is 4.77. The Morgan fingerprint density at radius 1 is 1.54 bits per heavy atom. The minimum absolute atomic E-state index is 0.109. The summed E-state index contributed by atoms with van der Waals surface area (Å²) in [5.41, 5.74) is -1.67. The van der Waals surface area contributed by atoms with E-state index in [1.165, 1.54) is 6.92 Å². The minimum Gasteiger partial charge on any atom is -0.463 e. The molecule has 1 N–H and O–H groups in total. The SMILES string of the molecule is C/C=C/CC(C)(O)C(=O)C(=O)OC. The Kier molecular flexibility index (Phi) is 4.34. The summed E-state index contributed by atoms with van der Waals surface area (Å²) >= 11 is 0. The number of ketones is 1. The number of aliphatic hydroxyl groups is 1. The van der Waals surface area contributed by atoms with Crippen LogP contribution in [0.25, 0.3) is 0 Å². The van der Waals surface area contributed by atoms with Crippen LogP contribution in [0.3, 0.4) is 0 Å². The molecule has 0 saturated heterocycles. The summed E-state index contributed by atoms with van der Waals surface area (Å²) < 4.78 is 4.21. The highest BCUT2D eigenvalue weighted by molar-refractivity contribution is 6.36. The first-order valence-corrected chi connectivity index (χ1v) is 3.92. The van der Waals surface area contributed by atoms with E-state index in [9.17, 15) is 14.7 Å². The van der Waals surface area contributed by atoms with Crippen LogP contribution in [0.5, 0.6) is 0 Å². The molecule has 13 heavy (non-hydrogen) atoms. The molecule has 4 nitrogen and oxygen atoms in total. The second-order valence-corrected chi connectivity index (χ2v) is 2.87. The van der Waals surface area contributed by atoms with E-state index in [0.29, 0.717) is 0 Å². The predicted molar refractivity (Wildman–Crippen MR) is 47.1 cm³/mol. The summed E-state index contributed by atoms with van der Waals surface area (Å²) in [6, 6.07) is 0. The molecule has 0 fully saturated rings. The second-order valence-electron chi connectivity index (χ2n) is 2.87. The number of hydrogen-bond acceptors (Lipinski definition) is 4. The van der Waals surface area contributed by atoms with Crippen molar-refractivity contribution >= 4 is 11.8 Å². The van der Waals surface area contributed by atoms with Gasteiger partial charge in [0.15, 0.2) is 0 Å². The number of carbonyl (C=O) groups is 2. The van der Waals surface area contributed by atoms with Crippen molar-refractivity contribution in [2.24, 2.45) is 0 Å². The van der Waals surface area contributed by atoms with Crippen molar-refractivity contribution < 1.29 is 19.4 Å². The topological polar surface area (TPSA) is 63.6 Å². The van der Waals surface area contributed by atoms with E-state index in [1.54, 1.807) is 19.1 Å². The zero-order chi connectivity index (χ0) is 10.5. The zero-order valence-electron chi connectivity index (χ0n) is 8.03. The maximum Gasteiger partial charge on any atom is 0.377 e. The lowest BCUT2D eigenvalue weighted by atomic mass is 9.96. The molecule has 74 valence electrons. The van der Waals surface area contributed by atoms with Crippen LogP contribution >= 0.6 is 0 Å². The number of esters is 1. The van der Waals surface area contributed by atoms with Gasteiger partial charge in [0.2, 0.25) is 0 Å². The van der Waals surface area contributed by atoms with E-state index in [-0.39, 0.29) is 6.42 Å². The van der Waals surface area contributed by atoms with Crippen LogP contribution in [0.4, 0.5) is 0 Å². The van der Waals surface area contributed by atoms with Gasteiger partial charge < -0.3 is 9.84 Å². The zero-order valence-corrected chi connectivity index (χ0v) is 8.03. The first-order valence-electron chi connectivity index (χ1n) is 3.92. The number of methoxy groups -OCH3 is 1. The van der Waals surface area contributed by atoms with Crippen molar-refractivity contribution in [3.05, 3.63) is 12.2 Å². The maximum atomic E-state index is 11.1. The number of Topliss-reactive ketones (excluding diaryl/α,β-unsaturated/α-hetero) is 1. The highest BCUT2D eigenvalue weighted by Gasteiger charge is 2.34. The lowest BCUT2D eigenvalue weighted by molar-refractivity contribution is -0.159. The van der Waals surface area contributed by atoms with E-state index >= 15 is 0 Å². The lowest BCUT2D eigenvalue weighted by Crippen LogP contribution is -2.40. The molecule has 0 bridgehead atoms. The molecule has 0 rings (SSSR count). The molecule has 1 atom stereocenters. The fourth-order valence-electron chi connectivity index (χ4n) is 0.753. The molecule has 0 amide bonds. The van der Waals surface area contributed by atoms with Gasteiger partial charge in [0.1, 0.15) is 5.60 Å². The Hall–Kier alpha value is -1.16. The van der Waals surface area contributed by atoms with Gasteiger partial charge in [-0.1, -0.05) is 12.2 Å². The first kappa shape index (κ1) is 11.8. The van der Waals surface area contributed by atoms with Crippen molar-refractivity contribution in [1.29, 1.82) is 0 Å². The average molecular weight is 186 g/mol. The van der Waals surface area contributed by atoms with E-state index in [2.05, 4.69) is 4.74 Å². The molecular formula is C9H14O4. The molecule has 4 heteroatoms. The van der Waals surface area contributed by atoms with Crippen LogP contribution in [-0.2, 0) is 14.3 Å². The highest BCUT2D eigenvalue weighted by Crippen LogP contribution is 2.12. The summed E-state index contributed by atoms with van der Waals surface area (Å²) in [7, 11) is 1.10. The normalized spacial score (nSPS) is 15.4. The molecule has 0 heterocycles. The Morgan fingerprint density at radius 3 is 2.46 bits per heavy atom. The Labute approximate surface area is 77.2 Å². The fraction of sp³-hybridized carbons (Fsp3) is 0.556. The van der Waals surface area contributed by atoms with Gasteiger partial charge in [0.05, 0.1) is 7.11 Å². The Morgan fingerprint density at radius 2 is 2.08 bits per heavy atom. The molecule has 0 aromatic carbocycles. The molecule has 0 saturated carbocycles. The van der Waals surface area contributed by atoms with Gasteiger partial charge in [-0.25, -0.2) is 4.79 Å². The largest absolute Gasteiger partial charge is 0.463 e. The maximum absolute atomic E-state index is 11.1. The molecule has 0 spiro atoms. The van der Waals surface area contributed by atoms with Crippen LogP contribution in [0.15, 0.2) is 12.2 Å². The fourth-order valence-corrected chi connectivity index (χ4v) is 0.753. The van der Waals surface area contributed by atoms with Crippen LogP contribution in [-0.4, -0.2) is 29.6 Å². The molecule has 1 unspecified atom stereocenters. The summed E-state index contributed by atoms with van der Waals surface area (Å²) in [5, 5.41) is 9.51. The summed E-state index contributed by atoms with van der Waals surface area (Å²) in [6.07, 6.45) is 3.41. The van der Waals surface area contributed by atoms with Gasteiger partial charge in [-0.15, -0.1) is 0 Å². The molecule has 0 aliphatic carbocycles. The van der Waals surface area contributed by atoms with Crippen molar-refractivity contribution in [3.8, 4) is 0 Å². The third-order valence-corrected chi connectivity index (χ3v) is 1.61. The third kappa shape index (κ3) is 3.38. The van der Waals surface area contributed by atoms with E-state index in [0.717, 1.165) is 7.11 Å². The number of ether oxygens (including phenoxy) is 1. The summed E-state index contributed by atoms with van der Waals surface area (Å²) in [4.78, 5) is 21.9. The molecule has 0 aromatic heterocycles. The summed E-state index contributed by atoms with van der Waals surface area (Å²) in [5.74, 6) is -1.94. The minimum atomic E-state index is -1.67. The van der Waals surface area contributed by atoms with Crippen LogP contribution in [0, 0.1) is 0 Å². The van der Waals surface area contributed by atoms with E-state index in [1.807, 2.05) is 0 Å². The number of carbonyl (C=O) groups excluding carboxylic acids is 2. The third-order valence-electron chi connectivity index (χ3n) is 1.61. The Bertz CT molecular complexity index is 228. The van der Waals surface area contributed by atoms with Gasteiger partial charge in [-0.05, 0) is 13.8 Å². The lowest BCUT2D eigenvalue weighted by Gasteiger charge is -2.17. The molecule has 0 radical (unpaired) electrons. The quantitative estimate of drug-likeness (QED) is 0.393. The predicted octanol–water partition coefficient (Wildman–Crippen LogP) is 0.446. The van der Waals surface area contributed by atoms with Crippen molar-refractivity contribution in [1.82, 2.24) is 0 Å². The highest BCUT2D eigenvalue weighted by atomic mass is 16.5. The Balaban J connectivity index is 4.44. The molecular weight excluding hydrogens is 172 g/mol. The van der Waals surface area contributed by atoms with Crippen LogP contribution in [0.2, 0.25) is 0 Å². The van der Waals surface area contributed by atoms with Crippen molar-refractivity contribution in [2.45, 2.75) is 25.9 Å². The first-order chi connectivity index (χ1) is 5.95. The average Bonchev–Trinajstić information content (AvgIpc) is 2.12. The van der Waals surface area contributed by atoms with Gasteiger partial charge >= 0.3 is 5.97 Å². The van der Waals surface area contributed by atoms with Crippen molar-refractivity contribution in [3.63, 3.8) is 0 Å². The van der Waals surface area contributed by atoms with Gasteiger partial charge in [0, 0.05) is 6.42 Å². The van der Waals surface area contributed by atoms with Crippen LogP contribution < -0.4 is 0 Å². The monoisotopic (exact) mass is 186 g/mol. The number of rotatable bonds is 4. The number of allylic oxidation sites excluding steroid dienone is 1. The van der Waals surface area contributed by atoms with Crippen LogP contribution in [0.1, 0.15) is 20.3 Å². The molecule has 0 aliphatic heterocycles. The van der Waals surface area contributed by atoms with Gasteiger partial charge in [-0.2, -0.15) is 0 Å². The van der Waals surface area contributed by atoms with Gasteiger partial charge in [0.25, 0.3) is 5.78 Å². The summed E-state index contributed by atoms with van der Waals surface area (Å²) in [6.45, 7) is 3.05. The molecule has 0 aromatic rings. The smallest absolute Gasteiger partial charge is 0.377 e. The standard InChI is InChI=1S/C9H14O4/c1-4-5-6-9(2,12)7(10)8(11)13-3/h4-5,12H,6H2,1-3H3/b5-4+. The molecule has 0 aliphatic rings. The van der Waals surface area contributed by atoms with E-state index in [4.69, 9.17) is 0 Å². The van der Waals surface area contributed by atoms with Gasteiger partial charge in [-0.3, -0.25) is 4.79 Å².